The number of urea groups is 1. The number of carbonyl (C=O) groups is 3. The van der Waals surface area contributed by atoms with Crippen LogP contribution in [0.3, 0.4) is 0 Å². The van der Waals surface area contributed by atoms with Crippen molar-refractivity contribution < 1.29 is 14.4 Å². The summed E-state index contributed by atoms with van der Waals surface area (Å²) in [6.45, 7) is 0. The van der Waals surface area contributed by atoms with E-state index in [-0.39, 0.29) is 17.7 Å². The molecule has 2 fully saturated rings. The van der Waals surface area contributed by atoms with Crippen LogP contribution in [0.1, 0.15) is 25.7 Å². The zero-order valence-electron chi connectivity index (χ0n) is 13.8. The van der Waals surface area contributed by atoms with Gasteiger partial charge in [-0.2, -0.15) is 0 Å². The lowest BCUT2D eigenvalue weighted by atomic mass is 9.76. The molecule has 2 heterocycles. The van der Waals surface area contributed by atoms with E-state index in [0.717, 1.165) is 5.39 Å². The van der Waals surface area contributed by atoms with Crippen LogP contribution in [0, 0.1) is 5.92 Å². The third-order valence-corrected chi connectivity index (χ3v) is 5.36. The van der Waals surface area contributed by atoms with Crippen LogP contribution in [0.2, 0.25) is 5.02 Å². The Morgan fingerprint density at radius 3 is 2.62 bits per heavy atom. The number of anilines is 1. The topological polar surface area (TPSA) is 100 Å². The van der Waals surface area contributed by atoms with Gasteiger partial charge in [-0.15, -0.1) is 0 Å². The molecule has 1 spiro atoms. The van der Waals surface area contributed by atoms with Crippen molar-refractivity contribution in [3.63, 3.8) is 0 Å². The molecule has 0 bridgehead atoms. The van der Waals surface area contributed by atoms with Gasteiger partial charge in [0.2, 0.25) is 5.91 Å². The second-order valence-electron chi connectivity index (χ2n) is 6.79. The van der Waals surface area contributed by atoms with Gasteiger partial charge in [-0.25, -0.2) is 9.78 Å². The molecule has 4 amide bonds. The number of aromatic nitrogens is 1. The summed E-state index contributed by atoms with van der Waals surface area (Å²) in [5.41, 5.74) is -0.144. The van der Waals surface area contributed by atoms with Crippen molar-refractivity contribution in [2.75, 3.05) is 5.32 Å². The Morgan fingerprint density at radius 2 is 1.92 bits per heavy atom. The number of fused-ring (bicyclic) bond motifs is 1. The summed E-state index contributed by atoms with van der Waals surface area (Å²) in [5.74, 6) is -0.173. The molecule has 3 N–H and O–H groups in total. The zero-order valence-corrected chi connectivity index (χ0v) is 14.6. The highest BCUT2D eigenvalue weighted by atomic mass is 35.5. The molecule has 2 aliphatic rings. The van der Waals surface area contributed by atoms with Gasteiger partial charge in [0, 0.05) is 16.3 Å². The Hall–Kier alpha value is -2.67. The van der Waals surface area contributed by atoms with E-state index in [1.807, 2.05) is 12.1 Å². The predicted molar refractivity (Wildman–Crippen MR) is 96.7 cm³/mol. The van der Waals surface area contributed by atoms with Crippen LogP contribution in [0.25, 0.3) is 10.9 Å². The first-order valence-electron chi connectivity index (χ1n) is 8.46. The first-order valence-corrected chi connectivity index (χ1v) is 8.84. The van der Waals surface area contributed by atoms with E-state index in [1.54, 1.807) is 18.2 Å². The molecular weight excluding hydrogens is 356 g/mol. The molecule has 2 aromatic rings. The van der Waals surface area contributed by atoms with Gasteiger partial charge in [-0.1, -0.05) is 17.7 Å². The van der Waals surface area contributed by atoms with E-state index in [2.05, 4.69) is 20.9 Å². The van der Waals surface area contributed by atoms with Crippen molar-refractivity contribution in [1.29, 1.82) is 0 Å². The molecule has 4 rings (SSSR count). The minimum atomic E-state index is -0.855. The van der Waals surface area contributed by atoms with Crippen LogP contribution < -0.4 is 16.0 Å². The number of halogens is 1. The highest BCUT2D eigenvalue weighted by Gasteiger charge is 2.48. The van der Waals surface area contributed by atoms with Gasteiger partial charge in [-0.3, -0.25) is 14.9 Å². The molecular formula is C18H17ClN4O3. The first kappa shape index (κ1) is 16.8. The van der Waals surface area contributed by atoms with E-state index in [0.29, 0.717) is 42.0 Å². The lowest BCUT2D eigenvalue weighted by Gasteiger charge is -2.33. The van der Waals surface area contributed by atoms with E-state index in [1.165, 1.54) is 0 Å². The van der Waals surface area contributed by atoms with Crippen molar-refractivity contribution in [3.05, 3.63) is 35.4 Å². The highest BCUT2D eigenvalue weighted by Crippen LogP contribution is 2.34. The fourth-order valence-corrected chi connectivity index (χ4v) is 3.81. The molecule has 134 valence electrons. The largest absolute Gasteiger partial charge is 0.323 e. The summed E-state index contributed by atoms with van der Waals surface area (Å²) < 4.78 is 0. The minimum absolute atomic E-state index is 0.126. The van der Waals surface area contributed by atoms with E-state index in [9.17, 15) is 14.4 Å². The monoisotopic (exact) mass is 372 g/mol. The number of nitrogens with one attached hydrogen (secondary N) is 3. The molecule has 1 aliphatic carbocycles. The maximum atomic E-state index is 12.6. The van der Waals surface area contributed by atoms with Crippen molar-refractivity contribution in [2.24, 2.45) is 5.92 Å². The van der Waals surface area contributed by atoms with E-state index < -0.39 is 11.6 Å². The summed E-state index contributed by atoms with van der Waals surface area (Å²) in [6.07, 6.45) is 1.95. The summed E-state index contributed by atoms with van der Waals surface area (Å²) in [4.78, 5) is 40.3. The molecule has 8 heteroatoms. The number of benzene rings is 1. The van der Waals surface area contributed by atoms with Crippen LogP contribution in [-0.2, 0) is 9.59 Å². The summed E-state index contributed by atoms with van der Waals surface area (Å²) >= 11 is 5.99. The maximum absolute atomic E-state index is 12.6. The second kappa shape index (κ2) is 6.25. The van der Waals surface area contributed by atoms with Gasteiger partial charge in [0.05, 0.1) is 5.52 Å². The molecule has 26 heavy (non-hydrogen) atoms. The predicted octanol–water partition coefficient (Wildman–Crippen LogP) is 2.60. The third-order valence-electron chi connectivity index (χ3n) is 5.13. The van der Waals surface area contributed by atoms with Gasteiger partial charge < -0.3 is 10.6 Å². The zero-order chi connectivity index (χ0) is 18.3. The Labute approximate surface area is 154 Å². The molecule has 1 aromatic heterocycles. The lowest BCUT2D eigenvalue weighted by Crippen LogP contribution is -2.50. The number of carbonyl (C=O) groups excluding carboxylic acids is 3. The fourth-order valence-electron chi connectivity index (χ4n) is 3.64. The Bertz CT molecular complexity index is 922. The number of pyridine rings is 1. The number of amides is 4. The number of nitrogens with zero attached hydrogens (tertiary/aromatic N) is 1. The van der Waals surface area contributed by atoms with Gasteiger partial charge in [0.15, 0.2) is 0 Å². The average molecular weight is 373 g/mol. The van der Waals surface area contributed by atoms with Gasteiger partial charge in [0.25, 0.3) is 5.91 Å². The molecule has 1 saturated carbocycles. The second-order valence-corrected chi connectivity index (χ2v) is 7.22. The van der Waals surface area contributed by atoms with Crippen molar-refractivity contribution in [3.8, 4) is 0 Å². The number of imide groups is 1. The van der Waals surface area contributed by atoms with Gasteiger partial charge >= 0.3 is 6.03 Å². The number of rotatable bonds is 2. The summed E-state index contributed by atoms with van der Waals surface area (Å²) in [5, 5.41) is 9.34. The lowest BCUT2D eigenvalue weighted by molar-refractivity contribution is -0.128. The van der Waals surface area contributed by atoms with Gasteiger partial charge in [-0.05, 0) is 49.9 Å². The van der Waals surface area contributed by atoms with E-state index >= 15 is 0 Å². The molecule has 0 atom stereocenters. The molecule has 0 unspecified atom stereocenters. The quantitative estimate of drug-likeness (QED) is 0.705. The van der Waals surface area contributed by atoms with Crippen LogP contribution in [0.4, 0.5) is 10.6 Å². The normalized spacial score (nSPS) is 25.2. The molecule has 1 aromatic carbocycles. The van der Waals surface area contributed by atoms with Crippen LogP contribution in [-0.4, -0.2) is 28.4 Å². The van der Waals surface area contributed by atoms with Crippen molar-refractivity contribution in [1.82, 2.24) is 15.6 Å². The van der Waals surface area contributed by atoms with E-state index in [4.69, 9.17) is 11.6 Å². The number of hydrogen-bond donors (Lipinski definition) is 3. The Morgan fingerprint density at radius 1 is 1.19 bits per heavy atom. The molecule has 1 saturated heterocycles. The van der Waals surface area contributed by atoms with Crippen molar-refractivity contribution in [2.45, 2.75) is 31.2 Å². The third kappa shape index (κ3) is 2.99. The van der Waals surface area contributed by atoms with Crippen molar-refractivity contribution >= 4 is 46.2 Å². The maximum Gasteiger partial charge on any atom is 0.322 e. The Kier molecular flexibility index (Phi) is 4.03. The SMILES string of the molecule is O=C1NC(=O)C2(CCC(C(=O)Nc3ccc4ccc(Cl)cc4n3)CC2)N1. The number of hydrogen-bond acceptors (Lipinski definition) is 4. The van der Waals surface area contributed by atoms with Crippen LogP contribution in [0.5, 0.6) is 0 Å². The van der Waals surface area contributed by atoms with Gasteiger partial charge in [0.1, 0.15) is 11.4 Å². The van der Waals surface area contributed by atoms with Crippen LogP contribution >= 0.6 is 11.6 Å². The first-order chi connectivity index (χ1) is 12.4. The smallest absolute Gasteiger partial charge is 0.322 e. The molecule has 0 radical (unpaired) electrons. The van der Waals surface area contributed by atoms with Crippen LogP contribution in [0.15, 0.2) is 30.3 Å². The molecule has 1 aliphatic heterocycles. The average Bonchev–Trinajstić information content (AvgIpc) is 2.88. The summed E-state index contributed by atoms with van der Waals surface area (Å²) in [6, 6.07) is 8.58. The fraction of sp³-hybridized carbons (Fsp3) is 0.333. The Balaban J connectivity index is 1.43. The molecule has 7 nitrogen and oxygen atoms in total. The standard InChI is InChI=1S/C18H17ClN4O3/c19-12-3-1-10-2-4-14(20-13(10)9-12)21-15(24)11-5-7-18(8-6-11)16(25)22-17(26)23-18/h1-4,9,11H,5-8H2,(H,20,21,24)(H2,22,23,25,26). The highest BCUT2D eigenvalue weighted by molar-refractivity contribution is 6.31. The summed E-state index contributed by atoms with van der Waals surface area (Å²) in [7, 11) is 0. The minimum Gasteiger partial charge on any atom is -0.323 e.